The summed E-state index contributed by atoms with van der Waals surface area (Å²) in [6.45, 7) is 9.40. The molecule has 3 nitrogen and oxygen atoms in total. The molecule has 0 aromatic rings. The van der Waals surface area contributed by atoms with Gasteiger partial charge in [0, 0.05) is 5.41 Å². The summed E-state index contributed by atoms with van der Waals surface area (Å²) in [5, 5.41) is 0. The Morgan fingerprint density at radius 3 is 1.60 bits per heavy atom. The van der Waals surface area contributed by atoms with Gasteiger partial charge >= 0.3 is 0 Å². The van der Waals surface area contributed by atoms with Gasteiger partial charge in [0.25, 0.3) is 0 Å². The summed E-state index contributed by atoms with van der Waals surface area (Å²) in [5.74, 6) is 4.72. The summed E-state index contributed by atoms with van der Waals surface area (Å²) in [6.07, 6.45) is 0. The second-order valence-electron chi connectivity index (χ2n) is 2.72. The van der Waals surface area contributed by atoms with Crippen LogP contribution >= 0.6 is 0 Å². The zero-order valence-corrected chi connectivity index (χ0v) is 7.49. The van der Waals surface area contributed by atoms with E-state index in [0.717, 1.165) is 0 Å². The fourth-order valence-corrected chi connectivity index (χ4v) is 0.217. The number of nitrogens with one attached hydrogen (secondary N) is 1. The molecule has 0 aromatic carbocycles. The fraction of sp³-hybridized carbons (Fsp3) is 0.857. The standard InChI is InChI=1S/C5H12N2O.C2H6/c1-5(2,3)4(8)7-6;1-2/h6H2,1-3H3,(H,7,8);1-2H3. The normalized spacial score (nSPS) is 9.40. The maximum absolute atomic E-state index is 10.6. The van der Waals surface area contributed by atoms with Gasteiger partial charge < -0.3 is 0 Å². The van der Waals surface area contributed by atoms with Gasteiger partial charge in [-0.3, -0.25) is 10.2 Å². The van der Waals surface area contributed by atoms with E-state index in [-0.39, 0.29) is 11.3 Å². The van der Waals surface area contributed by atoms with E-state index in [9.17, 15) is 4.79 Å². The molecule has 0 fully saturated rings. The molecule has 0 aliphatic carbocycles. The van der Waals surface area contributed by atoms with Crippen molar-refractivity contribution in [2.24, 2.45) is 11.3 Å². The largest absolute Gasteiger partial charge is 0.294 e. The van der Waals surface area contributed by atoms with Gasteiger partial charge in [-0.25, -0.2) is 5.84 Å². The Balaban J connectivity index is 0. The highest BCUT2D eigenvalue weighted by molar-refractivity contribution is 5.80. The van der Waals surface area contributed by atoms with E-state index in [4.69, 9.17) is 5.84 Å². The van der Waals surface area contributed by atoms with Crippen LogP contribution in [0.1, 0.15) is 34.6 Å². The van der Waals surface area contributed by atoms with Crippen molar-refractivity contribution in [1.82, 2.24) is 5.43 Å². The first kappa shape index (κ1) is 12.1. The van der Waals surface area contributed by atoms with Gasteiger partial charge in [-0.2, -0.15) is 0 Å². The molecule has 0 rings (SSSR count). The lowest BCUT2D eigenvalue weighted by molar-refractivity contribution is -0.128. The first-order chi connectivity index (χ1) is 4.48. The van der Waals surface area contributed by atoms with Crippen LogP contribution in [-0.2, 0) is 4.79 Å². The minimum atomic E-state index is -0.366. The van der Waals surface area contributed by atoms with Crippen LogP contribution in [0.3, 0.4) is 0 Å². The number of carbonyl (C=O) groups is 1. The van der Waals surface area contributed by atoms with Gasteiger partial charge in [-0.05, 0) is 0 Å². The Morgan fingerprint density at radius 2 is 1.60 bits per heavy atom. The third-order valence-corrected chi connectivity index (χ3v) is 0.812. The maximum Gasteiger partial charge on any atom is 0.239 e. The highest BCUT2D eigenvalue weighted by Crippen LogP contribution is 2.10. The van der Waals surface area contributed by atoms with Crippen LogP contribution in [0.15, 0.2) is 0 Å². The summed E-state index contributed by atoms with van der Waals surface area (Å²) in [4.78, 5) is 10.6. The predicted octanol–water partition coefficient (Wildman–Crippen LogP) is 1.05. The molecule has 0 atom stereocenters. The topological polar surface area (TPSA) is 55.1 Å². The van der Waals surface area contributed by atoms with Gasteiger partial charge in [-0.1, -0.05) is 34.6 Å². The zero-order chi connectivity index (χ0) is 8.78. The van der Waals surface area contributed by atoms with Gasteiger partial charge in [0.2, 0.25) is 5.91 Å². The van der Waals surface area contributed by atoms with Gasteiger partial charge in [0.05, 0.1) is 0 Å². The van der Waals surface area contributed by atoms with Crippen molar-refractivity contribution in [3.8, 4) is 0 Å². The first-order valence-electron chi connectivity index (χ1n) is 3.49. The quantitative estimate of drug-likeness (QED) is 0.305. The number of hydrazine groups is 1. The molecule has 0 saturated carbocycles. The first-order valence-corrected chi connectivity index (χ1v) is 3.49. The van der Waals surface area contributed by atoms with Crippen LogP contribution in [0.2, 0.25) is 0 Å². The third-order valence-electron chi connectivity index (χ3n) is 0.812. The maximum atomic E-state index is 10.6. The molecule has 1 amide bonds. The zero-order valence-electron chi connectivity index (χ0n) is 7.49. The highest BCUT2D eigenvalue weighted by atomic mass is 16.2. The van der Waals surface area contributed by atoms with E-state index < -0.39 is 0 Å². The number of carbonyl (C=O) groups excluding carboxylic acids is 1. The molecule has 62 valence electrons. The van der Waals surface area contributed by atoms with E-state index >= 15 is 0 Å². The number of hydrogen-bond donors (Lipinski definition) is 2. The van der Waals surface area contributed by atoms with Crippen molar-refractivity contribution < 1.29 is 4.79 Å². The summed E-state index contributed by atoms with van der Waals surface area (Å²) in [6, 6.07) is 0. The molecule has 0 aliphatic heterocycles. The minimum absolute atomic E-state index is 0.141. The number of hydrogen-bond acceptors (Lipinski definition) is 2. The number of rotatable bonds is 0. The Bertz CT molecular complexity index is 94.3. The third kappa shape index (κ3) is 5.56. The molecule has 0 radical (unpaired) electrons. The number of amides is 1. The van der Waals surface area contributed by atoms with Crippen LogP contribution < -0.4 is 11.3 Å². The van der Waals surface area contributed by atoms with Crippen LogP contribution in [0.4, 0.5) is 0 Å². The van der Waals surface area contributed by atoms with Crippen molar-refractivity contribution in [2.45, 2.75) is 34.6 Å². The van der Waals surface area contributed by atoms with Gasteiger partial charge in [-0.15, -0.1) is 0 Å². The highest BCUT2D eigenvalue weighted by Gasteiger charge is 2.19. The molecule has 0 heterocycles. The van der Waals surface area contributed by atoms with Gasteiger partial charge in [0.15, 0.2) is 0 Å². The second-order valence-corrected chi connectivity index (χ2v) is 2.72. The molecule has 0 aliphatic rings. The van der Waals surface area contributed by atoms with E-state index in [0.29, 0.717) is 0 Å². The summed E-state index contributed by atoms with van der Waals surface area (Å²) < 4.78 is 0. The summed E-state index contributed by atoms with van der Waals surface area (Å²) in [5.41, 5.74) is 1.70. The molecular formula is C7H18N2O. The lowest BCUT2D eigenvalue weighted by Crippen LogP contribution is -2.39. The fourth-order valence-electron chi connectivity index (χ4n) is 0.217. The predicted molar refractivity (Wildman–Crippen MR) is 43.1 cm³/mol. The lowest BCUT2D eigenvalue weighted by Gasteiger charge is -2.14. The number of nitrogens with two attached hydrogens (primary N) is 1. The molecule has 0 saturated heterocycles. The van der Waals surface area contributed by atoms with Gasteiger partial charge in [0.1, 0.15) is 0 Å². The van der Waals surface area contributed by atoms with Crippen molar-refractivity contribution >= 4 is 5.91 Å². The van der Waals surface area contributed by atoms with Crippen molar-refractivity contribution in [3.63, 3.8) is 0 Å². The smallest absolute Gasteiger partial charge is 0.239 e. The summed E-state index contributed by atoms with van der Waals surface area (Å²) in [7, 11) is 0. The average Bonchev–Trinajstić information content (AvgIpc) is 1.89. The Labute approximate surface area is 63.0 Å². The van der Waals surface area contributed by atoms with E-state index in [1.165, 1.54) is 0 Å². The molecule has 0 spiro atoms. The summed E-state index contributed by atoms with van der Waals surface area (Å²) >= 11 is 0. The molecule has 0 bridgehead atoms. The molecule has 3 heteroatoms. The van der Waals surface area contributed by atoms with Crippen molar-refractivity contribution in [2.75, 3.05) is 0 Å². The Morgan fingerprint density at radius 1 is 1.30 bits per heavy atom. The van der Waals surface area contributed by atoms with Crippen LogP contribution in [0.5, 0.6) is 0 Å². The second kappa shape index (κ2) is 5.23. The SMILES string of the molecule is CC.CC(C)(C)C(=O)NN. The molecule has 10 heavy (non-hydrogen) atoms. The van der Waals surface area contributed by atoms with Crippen molar-refractivity contribution in [3.05, 3.63) is 0 Å². The van der Waals surface area contributed by atoms with Crippen LogP contribution in [0.25, 0.3) is 0 Å². The minimum Gasteiger partial charge on any atom is -0.294 e. The molecule has 0 aromatic heterocycles. The van der Waals surface area contributed by atoms with E-state index in [2.05, 4.69) is 5.43 Å². The van der Waals surface area contributed by atoms with E-state index in [1.54, 1.807) is 20.8 Å². The van der Waals surface area contributed by atoms with Crippen LogP contribution in [-0.4, -0.2) is 5.91 Å². The van der Waals surface area contributed by atoms with Crippen LogP contribution in [0, 0.1) is 5.41 Å². The monoisotopic (exact) mass is 146 g/mol. The lowest BCUT2D eigenvalue weighted by atomic mass is 9.96. The molecule has 3 N–H and O–H groups in total. The Kier molecular flexibility index (Phi) is 6.35. The molecule has 0 unspecified atom stereocenters. The Hall–Kier alpha value is -0.570. The van der Waals surface area contributed by atoms with E-state index in [1.807, 2.05) is 13.8 Å². The molecular weight excluding hydrogens is 128 g/mol. The van der Waals surface area contributed by atoms with Crippen molar-refractivity contribution in [1.29, 1.82) is 0 Å². The average molecular weight is 146 g/mol.